The molecule has 0 atom stereocenters. The maximum Gasteiger partial charge on any atom is 0.0489 e. The molecule has 0 heterocycles. The fourth-order valence-electron chi connectivity index (χ4n) is 1.65. The van der Waals surface area contributed by atoms with Crippen molar-refractivity contribution in [2.24, 2.45) is 5.92 Å². The van der Waals surface area contributed by atoms with Gasteiger partial charge >= 0.3 is 0 Å². The van der Waals surface area contributed by atoms with Crippen molar-refractivity contribution < 1.29 is 0 Å². The minimum Gasteiger partial charge on any atom is -0.313 e. The standard InChI is InChI=1S/C15H21BrClN/c1-4-7-18-10-13(11(2)3)8-12-5-6-14(16)9-15(12)17/h5-6,8-9,11,18H,4,7,10H2,1-3H3/b13-8-. The molecule has 1 aromatic carbocycles. The quantitative estimate of drug-likeness (QED) is 0.712. The van der Waals surface area contributed by atoms with Gasteiger partial charge in [-0.3, -0.25) is 0 Å². The molecule has 0 aliphatic heterocycles. The summed E-state index contributed by atoms with van der Waals surface area (Å²) < 4.78 is 1.01. The van der Waals surface area contributed by atoms with E-state index in [9.17, 15) is 0 Å². The SMILES string of the molecule is CCCNC/C(=C/c1ccc(Br)cc1Cl)C(C)C. The summed E-state index contributed by atoms with van der Waals surface area (Å²) in [6.45, 7) is 8.59. The highest BCUT2D eigenvalue weighted by molar-refractivity contribution is 9.10. The highest BCUT2D eigenvalue weighted by Crippen LogP contribution is 2.24. The van der Waals surface area contributed by atoms with Crippen molar-refractivity contribution in [2.75, 3.05) is 13.1 Å². The van der Waals surface area contributed by atoms with E-state index in [2.05, 4.69) is 54.2 Å². The highest BCUT2D eigenvalue weighted by atomic mass is 79.9. The van der Waals surface area contributed by atoms with E-state index in [-0.39, 0.29) is 0 Å². The van der Waals surface area contributed by atoms with Crippen molar-refractivity contribution in [1.82, 2.24) is 5.32 Å². The third-order valence-corrected chi connectivity index (χ3v) is 3.62. The van der Waals surface area contributed by atoms with Gasteiger partial charge in [0, 0.05) is 16.0 Å². The van der Waals surface area contributed by atoms with Gasteiger partial charge in [0.15, 0.2) is 0 Å². The zero-order valence-corrected chi connectivity index (χ0v) is 13.6. The van der Waals surface area contributed by atoms with E-state index < -0.39 is 0 Å². The molecular weight excluding hydrogens is 310 g/mol. The average Bonchev–Trinajstić information content (AvgIpc) is 2.30. The van der Waals surface area contributed by atoms with E-state index in [1.165, 1.54) is 5.57 Å². The largest absolute Gasteiger partial charge is 0.313 e. The minimum atomic E-state index is 0.522. The Labute approximate surface area is 124 Å². The molecule has 0 unspecified atom stereocenters. The first-order valence-corrected chi connectivity index (χ1v) is 7.58. The molecule has 0 aliphatic carbocycles. The Morgan fingerprint density at radius 1 is 1.44 bits per heavy atom. The third kappa shape index (κ3) is 5.13. The van der Waals surface area contributed by atoms with Gasteiger partial charge < -0.3 is 5.32 Å². The predicted octanol–water partition coefficient (Wildman–Crippen LogP) is 5.14. The Morgan fingerprint density at radius 2 is 2.17 bits per heavy atom. The lowest BCUT2D eigenvalue weighted by Gasteiger charge is -2.13. The maximum absolute atomic E-state index is 6.24. The fraction of sp³-hybridized carbons (Fsp3) is 0.467. The molecule has 18 heavy (non-hydrogen) atoms. The van der Waals surface area contributed by atoms with E-state index in [0.717, 1.165) is 34.6 Å². The Morgan fingerprint density at radius 3 is 2.72 bits per heavy atom. The topological polar surface area (TPSA) is 12.0 Å². The Hall–Kier alpha value is -0.310. The molecule has 0 saturated carbocycles. The summed E-state index contributed by atoms with van der Waals surface area (Å²) in [6, 6.07) is 6.01. The number of rotatable bonds is 6. The number of hydrogen-bond acceptors (Lipinski definition) is 1. The molecule has 3 heteroatoms. The lowest BCUT2D eigenvalue weighted by molar-refractivity contribution is 0.657. The van der Waals surface area contributed by atoms with Crippen LogP contribution in [0, 0.1) is 5.92 Å². The minimum absolute atomic E-state index is 0.522. The molecule has 0 aliphatic rings. The Balaban J connectivity index is 2.86. The molecular formula is C15H21BrClN. The number of hydrogen-bond donors (Lipinski definition) is 1. The summed E-state index contributed by atoms with van der Waals surface area (Å²) in [7, 11) is 0. The van der Waals surface area contributed by atoms with Gasteiger partial charge in [-0.25, -0.2) is 0 Å². The van der Waals surface area contributed by atoms with E-state index >= 15 is 0 Å². The van der Waals surface area contributed by atoms with Crippen molar-refractivity contribution in [3.8, 4) is 0 Å². The molecule has 1 rings (SSSR count). The van der Waals surface area contributed by atoms with Crippen LogP contribution in [0.15, 0.2) is 28.2 Å². The molecule has 1 aromatic rings. The van der Waals surface area contributed by atoms with E-state index in [4.69, 9.17) is 11.6 Å². The van der Waals surface area contributed by atoms with Crippen LogP contribution in [0.25, 0.3) is 6.08 Å². The van der Waals surface area contributed by atoms with Crippen molar-refractivity contribution >= 4 is 33.6 Å². The van der Waals surface area contributed by atoms with E-state index in [1.54, 1.807) is 0 Å². The molecule has 0 bridgehead atoms. The second kappa shape index (κ2) is 7.98. The van der Waals surface area contributed by atoms with Gasteiger partial charge in [0.05, 0.1) is 0 Å². The summed E-state index contributed by atoms with van der Waals surface area (Å²) in [5.74, 6) is 0.522. The van der Waals surface area contributed by atoms with Gasteiger partial charge in [0.1, 0.15) is 0 Å². The van der Waals surface area contributed by atoms with Crippen LogP contribution in [0.5, 0.6) is 0 Å². The molecule has 0 spiro atoms. The van der Waals surface area contributed by atoms with Gasteiger partial charge in [-0.05, 0) is 36.6 Å². The summed E-state index contributed by atoms with van der Waals surface area (Å²) in [4.78, 5) is 0. The maximum atomic E-state index is 6.24. The second-order valence-electron chi connectivity index (χ2n) is 4.72. The summed E-state index contributed by atoms with van der Waals surface area (Å²) in [5, 5.41) is 4.24. The van der Waals surface area contributed by atoms with Crippen LogP contribution < -0.4 is 5.32 Å². The van der Waals surface area contributed by atoms with Crippen LogP contribution in [0.2, 0.25) is 5.02 Å². The van der Waals surface area contributed by atoms with Gasteiger partial charge in [-0.15, -0.1) is 0 Å². The molecule has 0 radical (unpaired) electrons. The first kappa shape index (κ1) is 15.7. The fourth-order valence-corrected chi connectivity index (χ4v) is 2.38. The number of halogens is 2. The highest BCUT2D eigenvalue weighted by Gasteiger charge is 2.05. The molecule has 1 N–H and O–H groups in total. The normalized spacial score (nSPS) is 12.2. The smallest absolute Gasteiger partial charge is 0.0489 e. The Kier molecular flexibility index (Phi) is 6.98. The molecule has 0 fully saturated rings. The monoisotopic (exact) mass is 329 g/mol. The van der Waals surface area contributed by atoms with Crippen molar-refractivity contribution in [3.05, 3.63) is 38.8 Å². The lowest BCUT2D eigenvalue weighted by Crippen LogP contribution is -2.19. The lowest BCUT2D eigenvalue weighted by atomic mass is 10.00. The second-order valence-corrected chi connectivity index (χ2v) is 6.04. The third-order valence-electron chi connectivity index (χ3n) is 2.80. The van der Waals surface area contributed by atoms with Gasteiger partial charge in [-0.2, -0.15) is 0 Å². The number of benzene rings is 1. The van der Waals surface area contributed by atoms with Crippen LogP contribution >= 0.6 is 27.5 Å². The molecule has 0 saturated heterocycles. The first-order valence-electron chi connectivity index (χ1n) is 6.40. The Bertz CT molecular complexity index is 413. The van der Waals surface area contributed by atoms with Gasteiger partial charge in [0.25, 0.3) is 0 Å². The summed E-state index contributed by atoms with van der Waals surface area (Å²) in [6.07, 6.45) is 3.35. The zero-order valence-electron chi connectivity index (χ0n) is 11.3. The van der Waals surface area contributed by atoms with Gasteiger partial charge in [-0.1, -0.05) is 66.0 Å². The van der Waals surface area contributed by atoms with Crippen molar-refractivity contribution in [3.63, 3.8) is 0 Å². The predicted molar refractivity (Wildman–Crippen MR) is 85.1 cm³/mol. The molecule has 1 nitrogen and oxygen atoms in total. The van der Waals surface area contributed by atoms with Crippen LogP contribution in [0.3, 0.4) is 0 Å². The van der Waals surface area contributed by atoms with E-state index in [0.29, 0.717) is 5.92 Å². The number of nitrogens with one attached hydrogen (secondary N) is 1. The van der Waals surface area contributed by atoms with Crippen molar-refractivity contribution in [1.29, 1.82) is 0 Å². The molecule has 100 valence electrons. The summed E-state index contributed by atoms with van der Waals surface area (Å²) >= 11 is 9.67. The van der Waals surface area contributed by atoms with Gasteiger partial charge in [0.2, 0.25) is 0 Å². The van der Waals surface area contributed by atoms with Crippen LogP contribution in [-0.4, -0.2) is 13.1 Å². The van der Waals surface area contributed by atoms with Crippen LogP contribution in [0.4, 0.5) is 0 Å². The van der Waals surface area contributed by atoms with E-state index in [1.807, 2.05) is 12.1 Å². The molecule has 0 amide bonds. The molecule has 0 aromatic heterocycles. The van der Waals surface area contributed by atoms with Crippen molar-refractivity contribution in [2.45, 2.75) is 27.2 Å². The van der Waals surface area contributed by atoms with Crippen LogP contribution in [0.1, 0.15) is 32.8 Å². The summed E-state index contributed by atoms with van der Waals surface area (Å²) in [5.41, 5.74) is 2.47. The van der Waals surface area contributed by atoms with Crippen LogP contribution in [-0.2, 0) is 0 Å². The average molecular weight is 331 g/mol. The first-order chi connectivity index (χ1) is 8.54. The zero-order chi connectivity index (χ0) is 13.5.